The number of hydrogen-bond donors (Lipinski definition) is 1. The molecule has 1 fully saturated rings. The van der Waals surface area contributed by atoms with E-state index < -0.39 is 12.0 Å². The van der Waals surface area contributed by atoms with Crippen LogP contribution in [-0.2, 0) is 9.59 Å². The van der Waals surface area contributed by atoms with Gasteiger partial charge in [-0.15, -0.1) is 0 Å². The van der Waals surface area contributed by atoms with E-state index in [0.29, 0.717) is 24.6 Å². The molecule has 2 aliphatic heterocycles. The Morgan fingerprint density at radius 3 is 2.46 bits per heavy atom. The van der Waals surface area contributed by atoms with Crippen LogP contribution in [0.1, 0.15) is 43.5 Å². The molecule has 0 aliphatic carbocycles. The molecular formula is C33H40N4O2. The summed E-state index contributed by atoms with van der Waals surface area (Å²) in [4.78, 5) is 37.6. The predicted molar refractivity (Wildman–Crippen MR) is 159 cm³/mol. The van der Waals surface area contributed by atoms with Crippen LogP contribution in [0.5, 0.6) is 0 Å². The Kier molecular flexibility index (Phi) is 7.39. The summed E-state index contributed by atoms with van der Waals surface area (Å²) in [5.41, 5.74) is 7.23. The van der Waals surface area contributed by atoms with E-state index in [1.807, 2.05) is 49.3 Å². The maximum atomic E-state index is 14.5. The van der Waals surface area contributed by atoms with Crippen LogP contribution in [0, 0.1) is 25.7 Å². The van der Waals surface area contributed by atoms with Crippen LogP contribution in [0.3, 0.4) is 0 Å². The summed E-state index contributed by atoms with van der Waals surface area (Å²) >= 11 is 0. The van der Waals surface area contributed by atoms with E-state index in [0.717, 1.165) is 35.1 Å². The fraction of sp³-hybridized carbons (Fsp3) is 0.394. The molecule has 0 radical (unpaired) electrons. The molecule has 1 N–H and O–H groups in total. The number of fused-ring (bicyclic) bond motifs is 1. The Hall–Kier alpha value is -3.80. The molecule has 1 saturated heterocycles. The number of aromatic amines is 1. The van der Waals surface area contributed by atoms with Gasteiger partial charge in [0.05, 0.1) is 12.0 Å². The minimum atomic E-state index is -0.478. The van der Waals surface area contributed by atoms with E-state index in [1.54, 1.807) is 4.90 Å². The molecule has 6 heteroatoms. The molecule has 39 heavy (non-hydrogen) atoms. The maximum absolute atomic E-state index is 14.5. The molecule has 6 nitrogen and oxygen atoms in total. The van der Waals surface area contributed by atoms with Crippen molar-refractivity contribution in [1.82, 2.24) is 14.8 Å². The van der Waals surface area contributed by atoms with E-state index in [1.165, 1.54) is 16.8 Å². The van der Waals surface area contributed by atoms with E-state index in [2.05, 4.69) is 67.9 Å². The summed E-state index contributed by atoms with van der Waals surface area (Å²) < 4.78 is 0. The number of H-pyrrole nitrogens is 1. The lowest BCUT2D eigenvalue weighted by Crippen LogP contribution is -2.54. The summed E-state index contributed by atoms with van der Waals surface area (Å²) in [6.07, 6.45) is 6.10. The largest absolute Gasteiger partial charge is 0.368 e. The molecule has 204 valence electrons. The topological polar surface area (TPSA) is 59.7 Å². The Balaban J connectivity index is 1.52. The maximum Gasteiger partial charge on any atom is 0.250 e. The minimum Gasteiger partial charge on any atom is -0.368 e. The molecule has 5 rings (SSSR count). The summed E-state index contributed by atoms with van der Waals surface area (Å²) in [6.45, 7) is 13.2. The number of likely N-dealkylation sites (N-methyl/N-ethyl adjacent to an activating group) is 1. The normalized spacial score (nSPS) is 20.7. The van der Waals surface area contributed by atoms with E-state index >= 15 is 0 Å². The van der Waals surface area contributed by atoms with Crippen molar-refractivity contribution in [3.05, 3.63) is 88.7 Å². The zero-order valence-electron chi connectivity index (χ0n) is 24.0. The smallest absolute Gasteiger partial charge is 0.250 e. The highest BCUT2D eigenvalue weighted by molar-refractivity contribution is 6.00. The van der Waals surface area contributed by atoms with Gasteiger partial charge in [-0.3, -0.25) is 9.59 Å². The number of carbonyl (C=O) groups is 2. The van der Waals surface area contributed by atoms with Gasteiger partial charge in [0.1, 0.15) is 0 Å². The van der Waals surface area contributed by atoms with Gasteiger partial charge in [0, 0.05) is 67.2 Å². The number of amides is 2. The molecule has 2 atom stereocenters. The van der Waals surface area contributed by atoms with Gasteiger partial charge in [-0.2, -0.15) is 0 Å². The monoisotopic (exact) mass is 524 g/mol. The third-order valence-corrected chi connectivity index (χ3v) is 8.31. The van der Waals surface area contributed by atoms with Gasteiger partial charge in [-0.1, -0.05) is 56.3 Å². The first-order chi connectivity index (χ1) is 18.7. The molecule has 3 aromatic rings. The first kappa shape index (κ1) is 26.8. The molecule has 2 amide bonds. The Labute approximate surface area is 232 Å². The Bertz CT molecular complexity index is 1460. The van der Waals surface area contributed by atoms with Crippen LogP contribution in [0.15, 0.2) is 72.0 Å². The van der Waals surface area contributed by atoms with Crippen molar-refractivity contribution in [1.29, 1.82) is 0 Å². The van der Waals surface area contributed by atoms with Crippen LogP contribution >= 0.6 is 0 Å². The third-order valence-electron chi connectivity index (χ3n) is 8.31. The zero-order chi connectivity index (χ0) is 27.8. The Morgan fingerprint density at radius 1 is 1.03 bits per heavy atom. The van der Waals surface area contributed by atoms with E-state index in [-0.39, 0.29) is 11.8 Å². The van der Waals surface area contributed by atoms with Gasteiger partial charge in [0.2, 0.25) is 11.8 Å². The van der Waals surface area contributed by atoms with Gasteiger partial charge in [-0.05, 0) is 55.5 Å². The average molecular weight is 525 g/mol. The van der Waals surface area contributed by atoms with Crippen molar-refractivity contribution in [2.24, 2.45) is 11.8 Å². The van der Waals surface area contributed by atoms with Crippen molar-refractivity contribution in [2.45, 2.75) is 40.7 Å². The van der Waals surface area contributed by atoms with Crippen LogP contribution in [-0.4, -0.2) is 59.8 Å². The number of para-hydroxylation sites is 1. The van der Waals surface area contributed by atoms with Crippen molar-refractivity contribution in [3.8, 4) is 0 Å². The van der Waals surface area contributed by atoms with Crippen molar-refractivity contribution >= 4 is 28.4 Å². The number of carbonyl (C=O) groups excluding carboxylic acids is 2. The second kappa shape index (κ2) is 10.8. The number of anilines is 1. The highest BCUT2D eigenvalue weighted by Gasteiger charge is 2.45. The quantitative estimate of drug-likeness (QED) is 0.460. The number of allylic oxidation sites excluding steroid dienone is 2. The molecule has 2 aliphatic rings. The third kappa shape index (κ3) is 5.00. The van der Waals surface area contributed by atoms with E-state index in [4.69, 9.17) is 0 Å². The molecule has 3 heterocycles. The van der Waals surface area contributed by atoms with E-state index in [9.17, 15) is 9.59 Å². The van der Waals surface area contributed by atoms with Gasteiger partial charge >= 0.3 is 0 Å². The number of benzene rings is 2. The second-order valence-corrected chi connectivity index (χ2v) is 11.4. The van der Waals surface area contributed by atoms with Gasteiger partial charge < -0.3 is 19.7 Å². The number of piperazine rings is 1. The van der Waals surface area contributed by atoms with Crippen molar-refractivity contribution in [3.63, 3.8) is 0 Å². The van der Waals surface area contributed by atoms with Crippen LogP contribution in [0.25, 0.3) is 10.9 Å². The number of hydrogen-bond acceptors (Lipinski definition) is 3. The minimum absolute atomic E-state index is 0.0301. The lowest BCUT2D eigenvalue weighted by molar-refractivity contribution is -0.140. The number of nitrogens with one attached hydrogen (secondary N) is 1. The molecule has 0 bridgehead atoms. The highest BCUT2D eigenvalue weighted by Crippen LogP contribution is 2.43. The molecule has 1 aromatic heterocycles. The lowest BCUT2D eigenvalue weighted by atomic mass is 9.78. The molecule has 2 unspecified atom stereocenters. The highest BCUT2D eigenvalue weighted by atomic mass is 16.2. The number of aryl methyl sites for hydroxylation is 2. The van der Waals surface area contributed by atoms with Crippen LogP contribution < -0.4 is 4.90 Å². The fourth-order valence-corrected chi connectivity index (χ4v) is 6.09. The summed E-state index contributed by atoms with van der Waals surface area (Å²) in [7, 11) is 1.83. The molecule has 0 spiro atoms. The number of aromatic nitrogens is 1. The first-order valence-electron chi connectivity index (χ1n) is 14.0. The molecular weight excluding hydrogens is 484 g/mol. The SMILES string of the molecule is CC1=C(/C=C\C(C)C)C(C(=O)N2CCN(c3cc(C)ccc3C)CC2)C(c2c[nH]c3ccccc23)N(C)C1=O. The summed E-state index contributed by atoms with van der Waals surface area (Å²) in [5, 5.41) is 1.05. The van der Waals surface area contributed by atoms with Gasteiger partial charge in [-0.25, -0.2) is 0 Å². The van der Waals surface area contributed by atoms with Gasteiger partial charge in [0.25, 0.3) is 0 Å². The predicted octanol–water partition coefficient (Wildman–Crippen LogP) is 5.79. The second-order valence-electron chi connectivity index (χ2n) is 11.4. The molecule has 0 saturated carbocycles. The number of rotatable bonds is 5. The standard InChI is InChI=1S/C33H40N4O2/c1-21(2)11-14-25-24(5)32(38)35(6)31(27-20-34-28-10-8-7-9-26(27)28)30(25)33(39)37-17-15-36(16-18-37)29-19-22(3)12-13-23(29)4/h7-14,19-21,30-31,34H,15-18H2,1-6H3/b14-11-. The zero-order valence-corrected chi connectivity index (χ0v) is 24.0. The molecule has 2 aromatic carbocycles. The lowest BCUT2D eigenvalue weighted by Gasteiger charge is -2.43. The fourth-order valence-electron chi connectivity index (χ4n) is 6.09. The van der Waals surface area contributed by atoms with Gasteiger partial charge in [0.15, 0.2) is 0 Å². The number of nitrogens with zero attached hydrogens (tertiary/aromatic N) is 3. The first-order valence-corrected chi connectivity index (χ1v) is 14.0. The average Bonchev–Trinajstić information content (AvgIpc) is 3.36. The Morgan fingerprint density at radius 2 is 1.74 bits per heavy atom. The van der Waals surface area contributed by atoms with Crippen LogP contribution in [0.4, 0.5) is 5.69 Å². The summed E-state index contributed by atoms with van der Waals surface area (Å²) in [6, 6.07) is 14.3. The van der Waals surface area contributed by atoms with Crippen molar-refractivity contribution in [2.75, 3.05) is 38.1 Å². The van der Waals surface area contributed by atoms with Crippen LogP contribution in [0.2, 0.25) is 0 Å². The van der Waals surface area contributed by atoms with Crippen molar-refractivity contribution < 1.29 is 9.59 Å². The summed E-state index contributed by atoms with van der Waals surface area (Å²) in [5.74, 6) is -0.108.